The molecule has 0 radical (unpaired) electrons. The van der Waals surface area contributed by atoms with E-state index >= 15 is 0 Å². The molecule has 2 rings (SSSR count). The predicted molar refractivity (Wildman–Crippen MR) is 87.1 cm³/mol. The molecule has 1 aliphatic rings. The zero-order valence-corrected chi connectivity index (χ0v) is 13.6. The third kappa shape index (κ3) is 5.50. The summed E-state index contributed by atoms with van der Waals surface area (Å²) in [5.41, 5.74) is 0. The summed E-state index contributed by atoms with van der Waals surface area (Å²) in [5, 5.41) is 10.9. The minimum atomic E-state index is -0.456. The Morgan fingerprint density at radius 2 is 1.90 bits per heavy atom. The van der Waals surface area contributed by atoms with Crippen LogP contribution in [-0.4, -0.2) is 41.8 Å². The number of aliphatic hydroxyl groups is 1. The van der Waals surface area contributed by atoms with Gasteiger partial charge in [-0.2, -0.15) is 0 Å². The SMILES string of the molecule is CCN(CC(O)COc1ccc(Cl)cc1)C1CCCCC1. The first-order valence-electron chi connectivity index (χ1n) is 7.99. The fraction of sp³-hybridized carbons (Fsp3) is 0.647. The maximum absolute atomic E-state index is 10.2. The Labute approximate surface area is 132 Å². The Morgan fingerprint density at radius 3 is 2.52 bits per heavy atom. The number of hydrogen-bond donors (Lipinski definition) is 1. The summed E-state index contributed by atoms with van der Waals surface area (Å²) in [7, 11) is 0. The maximum atomic E-state index is 10.2. The van der Waals surface area contributed by atoms with Crippen molar-refractivity contribution in [2.45, 2.75) is 51.2 Å². The average molecular weight is 312 g/mol. The van der Waals surface area contributed by atoms with Gasteiger partial charge in [0.2, 0.25) is 0 Å². The van der Waals surface area contributed by atoms with E-state index in [-0.39, 0.29) is 0 Å². The number of benzene rings is 1. The van der Waals surface area contributed by atoms with Crippen molar-refractivity contribution in [3.63, 3.8) is 0 Å². The monoisotopic (exact) mass is 311 g/mol. The van der Waals surface area contributed by atoms with Crippen LogP contribution in [-0.2, 0) is 0 Å². The molecule has 1 N–H and O–H groups in total. The summed E-state index contributed by atoms with van der Waals surface area (Å²) in [5.74, 6) is 0.749. The lowest BCUT2D eigenvalue weighted by atomic mass is 9.94. The van der Waals surface area contributed by atoms with Crippen LogP contribution < -0.4 is 4.74 Å². The van der Waals surface area contributed by atoms with Crippen molar-refractivity contribution < 1.29 is 9.84 Å². The van der Waals surface area contributed by atoms with Crippen molar-refractivity contribution in [2.24, 2.45) is 0 Å². The molecule has 0 saturated heterocycles. The van der Waals surface area contributed by atoms with Crippen LogP contribution >= 0.6 is 11.6 Å². The predicted octanol–water partition coefficient (Wildman–Crippen LogP) is 3.73. The van der Waals surface area contributed by atoms with Crippen LogP contribution in [0.2, 0.25) is 5.02 Å². The highest BCUT2D eigenvalue weighted by Gasteiger charge is 2.22. The first kappa shape index (κ1) is 16.6. The highest BCUT2D eigenvalue weighted by atomic mass is 35.5. The van der Waals surface area contributed by atoms with Crippen LogP contribution in [0.15, 0.2) is 24.3 Å². The fourth-order valence-electron chi connectivity index (χ4n) is 3.03. The van der Waals surface area contributed by atoms with E-state index in [0.717, 1.165) is 12.3 Å². The van der Waals surface area contributed by atoms with Gasteiger partial charge in [0.25, 0.3) is 0 Å². The van der Waals surface area contributed by atoms with E-state index in [0.29, 0.717) is 24.2 Å². The quantitative estimate of drug-likeness (QED) is 0.832. The van der Waals surface area contributed by atoms with Gasteiger partial charge in [-0.05, 0) is 43.7 Å². The van der Waals surface area contributed by atoms with Crippen LogP contribution in [0, 0.1) is 0 Å². The molecule has 0 bridgehead atoms. The van der Waals surface area contributed by atoms with E-state index in [1.54, 1.807) is 12.1 Å². The fourth-order valence-corrected chi connectivity index (χ4v) is 3.16. The minimum Gasteiger partial charge on any atom is -0.491 e. The Bertz CT molecular complexity index is 404. The van der Waals surface area contributed by atoms with Gasteiger partial charge in [0, 0.05) is 17.6 Å². The van der Waals surface area contributed by atoms with Crippen LogP contribution in [0.1, 0.15) is 39.0 Å². The van der Waals surface area contributed by atoms with Gasteiger partial charge < -0.3 is 9.84 Å². The molecule has 0 amide bonds. The summed E-state index contributed by atoms with van der Waals surface area (Å²) in [6.07, 6.45) is 6.06. The van der Waals surface area contributed by atoms with Gasteiger partial charge in [-0.1, -0.05) is 37.8 Å². The van der Waals surface area contributed by atoms with E-state index in [1.807, 2.05) is 12.1 Å². The van der Waals surface area contributed by atoms with Crippen LogP contribution in [0.3, 0.4) is 0 Å². The number of hydrogen-bond acceptors (Lipinski definition) is 3. The lowest BCUT2D eigenvalue weighted by Crippen LogP contribution is -2.43. The Hall–Kier alpha value is -0.770. The van der Waals surface area contributed by atoms with E-state index in [2.05, 4.69) is 11.8 Å². The number of ether oxygens (including phenoxy) is 1. The molecular weight excluding hydrogens is 286 g/mol. The van der Waals surface area contributed by atoms with Crippen molar-refractivity contribution in [1.29, 1.82) is 0 Å². The van der Waals surface area contributed by atoms with Gasteiger partial charge >= 0.3 is 0 Å². The second-order valence-electron chi connectivity index (χ2n) is 5.80. The molecule has 1 aromatic carbocycles. The largest absolute Gasteiger partial charge is 0.491 e. The number of likely N-dealkylation sites (N-methyl/N-ethyl adjacent to an activating group) is 1. The molecule has 1 aromatic rings. The molecule has 0 aromatic heterocycles. The Balaban J connectivity index is 1.76. The van der Waals surface area contributed by atoms with E-state index in [9.17, 15) is 5.11 Å². The smallest absolute Gasteiger partial charge is 0.119 e. The summed E-state index contributed by atoms with van der Waals surface area (Å²) in [6, 6.07) is 7.88. The first-order chi connectivity index (χ1) is 10.2. The van der Waals surface area contributed by atoms with E-state index < -0.39 is 6.10 Å². The van der Waals surface area contributed by atoms with Gasteiger partial charge in [-0.25, -0.2) is 0 Å². The third-order valence-electron chi connectivity index (χ3n) is 4.20. The molecule has 1 atom stereocenters. The zero-order valence-electron chi connectivity index (χ0n) is 12.8. The molecule has 0 spiro atoms. The van der Waals surface area contributed by atoms with Gasteiger partial charge in [0.05, 0.1) is 0 Å². The summed E-state index contributed by atoms with van der Waals surface area (Å²) >= 11 is 5.84. The van der Waals surface area contributed by atoms with Gasteiger partial charge in [-0.3, -0.25) is 4.90 Å². The van der Waals surface area contributed by atoms with E-state index in [4.69, 9.17) is 16.3 Å². The topological polar surface area (TPSA) is 32.7 Å². The second kappa shape index (κ2) is 8.62. The zero-order chi connectivity index (χ0) is 15.1. The van der Waals surface area contributed by atoms with Crippen molar-refractivity contribution >= 4 is 11.6 Å². The van der Waals surface area contributed by atoms with Gasteiger partial charge in [0.1, 0.15) is 18.5 Å². The number of nitrogens with zero attached hydrogens (tertiary/aromatic N) is 1. The highest BCUT2D eigenvalue weighted by molar-refractivity contribution is 6.30. The normalized spacial score (nSPS) is 17.9. The summed E-state index contributed by atoms with van der Waals surface area (Å²) in [4.78, 5) is 2.40. The van der Waals surface area contributed by atoms with Crippen LogP contribution in [0.4, 0.5) is 0 Å². The highest BCUT2D eigenvalue weighted by Crippen LogP contribution is 2.22. The lowest BCUT2D eigenvalue weighted by molar-refractivity contribution is 0.0463. The molecule has 1 saturated carbocycles. The molecule has 1 aliphatic carbocycles. The van der Waals surface area contributed by atoms with Crippen molar-refractivity contribution in [1.82, 2.24) is 4.90 Å². The Kier molecular flexibility index (Phi) is 6.81. The first-order valence-corrected chi connectivity index (χ1v) is 8.37. The second-order valence-corrected chi connectivity index (χ2v) is 6.23. The molecule has 1 fully saturated rings. The third-order valence-corrected chi connectivity index (χ3v) is 4.45. The molecule has 4 heteroatoms. The number of halogens is 1. The maximum Gasteiger partial charge on any atom is 0.119 e. The molecule has 0 heterocycles. The average Bonchev–Trinajstić information content (AvgIpc) is 2.53. The molecule has 1 unspecified atom stereocenters. The van der Waals surface area contributed by atoms with Gasteiger partial charge in [0.15, 0.2) is 0 Å². The minimum absolute atomic E-state index is 0.324. The van der Waals surface area contributed by atoms with Crippen molar-refractivity contribution in [3.05, 3.63) is 29.3 Å². The standard InChI is InChI=1S/C17H26ClNO2/c1-2-19(15-6-4-3-5-7-15)12-16(20)13-21-17-10-8-14(18)9-11-17/h8-11,15-16,20H,2-7,12-13H2,1H3. The molecule has 3 nitrogen and oxygen atoms in total. The van der Waals surface area contributed by atoms with Gasteiger partial charge in [-0.15, -0.1) is 0 Å². The van der Waals surface area contributed by atoms with Crippen molar-refractivity contribution in [2.75, 3.05) is 19.7 Å². The van der Waals surface area contributed by atoms with Crippen molar-refractivity contribution in [3.8, 4) is 5.75 Å². The molecule has 0 aliphatic heterocycles. The lowest BCUT2D eigenvalue weighted by Gasteiger charge is -2.34. The molecular formula is C17H26ClNO2. The van der Waals surface area contributed by atoms with Crippen LogP contribution in [0.5, 0.6) is 5.75 Å². The number of aliphatic hydroxyl groups excluding tert-OH is 1. The number of rotatable bonds is 7. The molecule has 21 heavy (non-hydrogen) atoms. The Morgan fingerprint density at radius 1 is 1.24 bits per heavy atom. The summed E-state index contributed by atoms with van der Waals surface area (Å²) < 4.78 is 5.62. The summed E-state index contributed by atoms with van der Waals surface area (Å²) in [6.45, 7) is 4.17. The van der Waals surface area contributed by atoms with E-state index in [1.165, 1.54) is 32.1 Å². The molecule has 118 valence electrons. The van der Waals surface area contributed by atoms with Crippen LogP contribution in [0.25, 0.3) is 0 Å².